The van der Waals surface area contributed by atoms with Crippen molar-refractivity contribution in [3.8, 4) is 0 Å². The van der Waals surface area contributed by atoms with Gasteiger partial charge in [-0.05, 0) is 56.2 Å². The summed E-state index contributed by atoms with van der Waals surface area (Å²) in [5, 5.41) is 6.37. The molecule has 2 rings (SSSR count). The van der Waals surface area contributed by atoms with Crippen molar-refractivity contribution in [3.63, 3.8) is 0 Å². The number of halogens is 2. The van der Waals surface area contributed by atoms with E-state index in [2.05, 4.69) is 28.8 Å². The highest BCUT2D eigenvalue weighted by molar-refractivity contribution is 7.80. The van der Waals surface area contributed by atoms with Gasteiger partial charge in [-0.1, -0.05) is 23.8 Å². The molecule has 0 aliphatic carbocycles. The van der Waals surface area contributed by atoms with E-state index in [9.17, 15) is 8.78 Å². The maximum Gasteiger partial charge on any atom is 0.171 e. The summed E-state index contributed by atoms with van der Waals surface area (Å²) >= 11 is 5.23. The first-order valence-electron chi connectivity index (χ1n) is 6.96. The average Bonchev–Trinajstić information content (AvgIpc) is 2.45. The first-order valence-corrected chi connectivity index (χ1v) is 7.37. The first kappa shape index (κ1) is 16.4. The molecule has 0 aliphatic rings. The van der Waals surface area contributed by atoms with Crippen LogP contribution in [0.4, 0.5) is 14.5 Å². The molecule has 2 aromatic carbocycles. The van der Waals surface area contributed by atoms with E-state index in [1.165, 1.54) is 17.2 Å². The van der Waals surface area contributed by atoms with Crippen molar-refractivity contribution in [1.82, 2.24) is 5.32 Å². The quantitative estimate of drug-likeness (QED) is 0.806. The van der Waals surface area contributed by atoms with Gasteiger partial charge in [-0.2, -0.15) is 0 Å². The Morgan fingerprint density at radius 3 is 2.45 bits per heavy atom. The van der Waals surface area contributed by atoms with Crippen LogP contribution in [-0.2, 0) is 0 Å². The fourth-order valence-electron chi connectivity index (χ4n) is 2.24. The molecule has 0 heterocycles. The van der Waals surface area contributed by atoms with Gasteiger partial charge in [-0.25, -0.2) is 8.78 Å². The Hall–Kier alpha value is -2.01. The largest absolute Gasteiger partial charge is 0.356 e. The molecule has 2 N–H and O–H groups in total. The molecule has 0 aliphatic heterocycles. The third kappa shape index (κ3) is 4.01. The summed E-state index contributed by atoms with van der Waals surface area (Å²) < 4.78 is 26.1. The number of rotatable bonds is 3. The molecule has 0 bridgehead atoms. The predicted octanol–water partition coefficient (Wildman–Crippen LogP) is 4.63. The van der Waals surface area contributed by atoms with Crippen molar-refractivity contribution in [1.29, 1.82) is 0 Å². The van der Waals surface area contributed by atoms with E-state index in [1.807, 2.05) is 20.8 Å². The van der Waals surface area contributed by atoms with Gasteiger partial charge in [0.25, 0.3) is 0 Å². The Kier molecular flexibility index (Phi) is 5.08. The van der Waals surface area contributed by atoms with Crippen LogP contribution in [0.2, 0.25) is 0 Å². The van der Waals surface area contributed by atoms with Gasteiger partial charge in [0, 0.05) is 11.8 Å². The highest BCUT2D eigenvalue weighted by Crippen LogP contribution is 2.19. The summed E-state index contributed by atoms with van der Waals surface area (Å²) in [6, 6.07) is 9.81. The monoisotopic (exact) mass is 320 g/mol. The summed E-state index contributed by atoms with van der Waals surface area (Å²) in [7, 11) is 0. The second kappa shape index (κ2) is 6.83. The smallest absolute Gasteiger partial charge is 0.171 e. The molecular weight excluding hydrogens is 302 g/mol. The number of hydrogen-bond acceptors (Lipinski definition) is 1. The molecule has 0 radical (unpaired) electrons. The lowest BCUT2D eigenvalue weighted by Gasteiger charge is -2.19. The van der Waals surface area contributed by atoms with Crippen LogP contribution in [0.25, 0.3) is 0 Å². The van der Waals surface area contributed by atoms with Gasteiger partial charge in [0.05, 0.1) is 6.04 Å². The molecule has 22 heavy (non-hydrogen) atoms. The van der Waals surface area contributed by atoms with E-state index in [0.29, 0.717) is 10.8 Å². The van der Waals surface area contributed by atoms with Crippen molar-refractivity contribution in [3.05, 3.63) is 64.7 Å². The second-order valence-corrected chi connectivity index (χ2v) is 5.72. The van der Waals surface area contributed by atoms with Gasteiger partial charge in [-0.3, -0.25) is 0 Å². The normalized spacial score (nSPS) is 11.9. The van der Waals surface area contributed by atoms with Gasteiger partial charge in [0.1, 0.15) is 0 Å². The van der Waals surface area contributed by atoms with Gasteiger partial charge in [0.2, 0.25) is 0 Å². The van der Waals surface area contributed by atoms with Crippen LogP contribution in [0.5, 0.6) is 0 Å². The zero-order chi connectivity index (χ0) is 16.3. The zero-order valence-electron chi connectivity index (χ0n) is 12.7. The van der Waals surface area contributed by atoms with E-state index >= 15 is 0 Å². The lowest BCUT2D eigenvalue weighted by atomic mass is 10.0. The van der Waals surface area contributed by atoms with Crippen LogP contribution in [0.3, 0.4) is 0 Å². The Morgan fingerprint density at radius 1 is 1.05 bits per heavy atom. The summed E-state index contributed by atoms with van der Waals surface area (Å²) in [5.41, 5.74) is 3.90. The summed E-state index contributed by atoms with van der Waals surface area (Å²) in [4.78, 5) is 0. The summed E-state index contributed by atoms with van der Waals surface area (Å²) in [5.74, 6) is -1.79. The third-order valence-corrected chi connectivity index (χ3v) is 3.65. The van der Waals surface area contributed by atoms with Crippen LogP contribution < -0.4 is 10.6 Å². The number of anilines is 1. The Morgan fingerprint density at radius 2 is 1.77 bits per heavy atom. The van der Waals surface area contributed by atoms with Crippen LogP contribution >= 0.6 is 12.2 Å². The number of benzene rings is 2. The molecule has 2 aromatic rings. The topological polar surface area (TPSA) is 24.1 Å². The second-order valence-electron chi connectivity index (χ2n) is 5.31. The molecule has 1 atom stereocenters. The minimum atomic E-state index is -0.907. The van der Waals surface area contributed by atoms with E-state index < -0.39 is 11.6 Å². The van der Waals surface area contributed by atoms with E-state index in [0.717, 1.165) is 17.7 Å². The molecule has 5 heteroatoms. The molecule has 0 fully saturated rings. The van der Waals surface area contributed by atoms with Crippen LogP contribution in [0, 0.1) is 25.5 Å². The maximum atomic E-state index is 13.2. The van der Waals surface area contributed by atoms with Crippen molar-refractivity contribution in [2.24, 2.45) is 0 Å². The van der Waals surface area contributed by atoms with Gasteiger partial charge in [0.15, 0.2) is 16.7 Å². The fraction of sp³-hybridized carbons (Fsp3) is 0.235. The molecule has 0 spiro atoms. The fourth-order valence-corrected chi connectivity index (χ4v) is 2.54. The van der Waals surface area contributed by atoms with Gasteiger partial charge < -0.3 is 10.6 Å². The van der Waals surface area contributed by atoms with Crippen LogP contribution in [0.1, 0.15) is 29.7 Å². The molecule has 0 saturated heterocycles. The molecule has 0 amide bonds. The van der Waals surface area contributed by atoms with Crippen molar-refractivity contribution in [2.45, 2.75) is 26.8 Å². The minimum absolute atomic E-state index is 0.00481. The lowest BCUT2D eigenvalue weighted by molar-refractivity contribution is 0.509. The minimum Gasteiger partial charge on any atom is -0.356 e. The van der Waals surface area contributed by atoms with E-state index in [4.69, 9.17) is 12.2 Å². The molecule has 116 valence electrons. The maximum absolute atomic E-state index is 13.2. The zero-order valence-corrected chi connectivity index (χ0v) is 13.5. The van der Waals surface area contributed by atoms with Crippen molar-refractivity contribution < 1.29 is 8.78 Å². The number of hydrogen-bond donors (Lipinski definition) is 2. The van der Waals surface area contributed by atoms with E-state index in [1.54, 1.807) is 0 Å². The molecule has 1 unspecified atom stereocenters. The molecule has 2 nitrogen and oxygen atoms in total. The Labute approximate surface area is 134 Å². The van der Waals surface area contributed by atoms with Crippen LogP contribution in [0.15, 0.2) is 36.4 Å². The average molecular weight is 320 g/mol. The molecule has 0 saturated carbocycles. The number of aryl methyl sites for hydroxylation is 2. The van der Waals surface area contributed by atoms with Gasteiger partial charge in [-0.15, -0.1) is 0 Å². The predicted molar refractivity (Wildman–Crippen MR) is 90.0 cm³/mol. The lowest BCUT2D eigenvalue weighted by Crippen LogP contribution is -2.31. The molecule has 0 aromatic heterocycles. The Bertz CT molecular complexity index is 701. The highest BCUT2D eigenvalue weighted by Gasteiger charge is 2.11. The standard InChI is InChI=1S/C17H18F2N2S/c1-10-4-5-11(2)14(8-10)12(3)20-17(22)21-13-6-7-15(18)16(19)9-13/h4-9,12H,1-3H3,(H2,20,21,22). The molecular formula is C17H18F2N2S. The SMILES string of the molecule is Cc1ccc(C)c(C(C)NC(=S)Nc2ccc(F)c(F)c2)c1. The summed E-state index contributed by atoms with van der Waals surface area (Å²) in [6.07, 6.45) is 0. The van der Waals surface area contributed by atoms with Gasteiger partial charge >= 0.3 is 0 Å². The third-order valence-electron chi connectivity index (χ3n) is 3.43. The number of thiocarbonyl (C=S) groups is 1. The van der Waals surface area contributed by atoms with Crippen LogP contribution in [-0.4, -0.2) is 5.11 Å². The van der Waals surface area contributed by atoms with Crippen molar-refractivity contribution >= 4 is 23.0 Å². The Balaban J connectivity index is 2.05. The summed E-state index contributed by atoms with van der Waals surface area (Å²) in [6.45, 7) is 6.08. The highest BCUT2D eigenvalue weighted by atomic mass is 32.1. The first-order chi connectivity index (χ1) is 10.4. The van der Waals surface area contributed by atoms with E-state index in [-0.39, 0.29) is 6.04 Å². The number of nitrogens with one attached hydrogen (secondary N) is 2. The van der Waals surface area contributed by atoms with Crippen molar-refractivity contribution in [2.75, 3.05) is 5.32 Å².